The molecule has 10 nitrogen and oxygen atoms in total. The van der Waals surface area contributed by atoms with Gasteiger partial charge in [-0.05, 0) is 32.1 Å². The van der Waals surface area contributed by atoms with Gasteiger partial charge in [0.25, 0.3) is 0 Å². The smallest absolute Gasteiger partial charge is 0.210 e. The van der Waals surface area contributed by atoms with E-state index in [2.05, 4.69) is 15.3 Å². The first-order valence-electron chi connectivity index (χ1n) is 13.4. The SMILES string of the molecule is [2H]OCCCOCC(COCCCCCCOPOCCC#N)(COCCCO[2H])COCCCO[2H]. The number of aliphatic hydroxyl groups is 3. The molecule has 202 valence electrons. The number of nitrogens with zero attached hydrogens (tertiary/aromatic N) is 1. The van der Waals surface area contributed by atoms with Gasteiger partial charge in [0.15, 0.2) is 9.03 Å². The molecule has 0 aromatic rings. The second kappa shape index (κ2) is 27.2. The zero-order chi connectivity index (χ0) is 27.1. The Kier molecular flexibility index (Phi) is 22.5. The molecular weight excluding hydrogens is 465 g/mol. The van der Waals surface area contributed by atoms with Crippen LogP contribution in [-0.4, -0.2) is 106 Å². The maximum absolute atomic E-state index is 8.45. The molecule has 0 heterocycles. The Morgan fingerprint density at radius 2 is 1.06 bits per heavy atom. The molecular formula is C23H46NO9P. The minimum absolute atomic E-state index is 0.0150. The van der Waals surface area contributed by atoms with Crippen LogP contribution in [0.15, 0.2) is 0 Å². The first-order chi connectivity index (χ1) is 18.2. The van der Waals surface area contributed by atoms with Crippen molar-refractivity contribution in [3.63, 3.8) is 0 Å². The van der Waals surface area contributed by atoms with Gasteiger partial charge in [0.2, 0.25) is 4.29 Å². The van der Waals surface area contributed by atoms with Gasteiger partial charge in [0.1, 0.15) is 0 Å². The first-order valence-corrected chi connectivity index (χ1v) is 13.0. The summed E-state index contributed by atoms with van der Waals surface area (Å²) in [5.74, 6) is 0. The van der Waals surface area contributed by atoms with Crippen LogP contribution in [0.1, 0.15) is 51.4 Å². The van der Waals surface area contributed by atoms with E-state index in [1.165, 1.54) is 0 Å². The summed E-state index contributed by atoms with van der Waals surface area (Å²) in [4.78, 5) is 0. The van der Waals surface area contributed by atoms with Gasteiger partial charge in [-0.3, -0.25) is 0 Å². The number of hydrogen-bond acceptors (Lipinski definition) is 10. The van der Waals surface area contributed by atoms with E-state index in [0.29, 0.717) is 112 Å². The molecule has 0 aliphatic rings. The van der Waals surface area contributed by atoms with Gasteiger partial charge in [-0.2, -0.15) is 5.26 Å². The van der Waals surface area contributed by atoms with Gasteiger partial charge >= 0.3 is 0 Å². The number of ether oxygens (including phenoxy) is 4. The van der Waals surface area contributed by atoms with E-state index >= 15 is 0 Å². The minimum Gasteiger partial charge on any atom is -0.396 e. The zero-order valence-corrected chi connectivity index (χ0v) is 21.5. The summed E-state index contributed by atoms with van der Waals surface area (Å²) in [5.41, 5.74) is -0.522. The molecule has 0 aliphatic heterocycles. The molecule has 0 radical (unpaired) electrons. The van der Waals surface area contributed by atoms with Gasteiger partial charge < -0.3 is 43.3 Å². The van der Waals surface area contributed by atoms with Crippen molar-refractivity contribution in [2.45, 2.75) is 51.4 Å². The van der Waals surface area contributed by atoms with Crippen LogP contribution in [0.2, 0.25) is 0 Å². The molecule has 0 aromatic heterocycles. The molecule has 0 rings (SSSR count). The Hall–Kier alpha value is -0.440. The highest BCUT2D eigenvalue weighted by Crippen LogP contribution is 2.22. The second-order valence-corrected chi connectivity index (χ2v) is 8.73. The summed E-state index contributed by atoms with van der Waals surface area (Å²) in [5, 5.41) is 21.5. The normalized spacial score (nSPS) is 13.2. The van der Waals surface area contributed by atoms with Gasteiger partial charge in [-0.1, -0.05) is 12.8 Å². The van der Waals surface area contributed by atoms with Crippen LogP contribution < -0.4 is 0 Å². The third kappa shape index (κ3) is 22.1. The lowest BCUT2D eigenvalue weighted by Crippen LogP contribution is -2.42. The molecule has 0 spiro atoms. The standard InChI is InChI=1S/C23H46NO9P/c24-9-5-18-33-34-32-17-4-2-1-3-13-28-19-23(20-29-14-6-10-25,21-30-15-7-11-26)22-31-16-8-12-27/h25-27,34H,1-8,10-22H2/i25D,26D,27D. The van der Waals surface area contributed by atoms with E-state index in [1.54, 1.807) is 0 Å². The lowest BCUT2D eigenvalue weighted by Gasteiger charge is -2.33. The molecule has 0 saturated carbocycles. The molecule has 34 heavy (non-hydrogen) atoms. The van der Waals surface area contributed by atoms with Crippen molar-refractivity contribution in [3.8, 4) is 6.07 Å². The Labute approximate surface area is 211 Å². The molecule has 0 fully saturated rings. The van der Waals surface area contributed by atoms with Crippen LogP contribution in [-0.2, 0) is 28.0 Å². The fraction of sp³-hybridized carbons (Fsp3) is 0.957. The fourth-order valence-corrected chi connectivity index (χ4v) is 3.34. The summed E-state index contributed by atoms with van der Waals surface area (Å²) in [7, 11) is -0.0150. The highest BCUT2D eigenvalue weighted by atomic mass is 31.1. The van der Waals surface area contributed by atoms with Crippen LogP contribution in [0.3, 0.4) is 0 Å². The molecule has 3 N–H and O–H groups in total. The largest absolute Gasteiger partial charge is 0.396 e. The van der Waals surface area contributed by atoms with E-state index in [0.717, 1.165) is 25.7 Å². The fourth-order valence-electron chi connectivity index (χ4n) is 2.84. The van der Waals surface area contributed by atoms with E-state index in [1.807, 2.05) is 6.07 Å². The van der Waals surface area contributed by atoms with Crippen LogP contribution in [0.5, 0.6) is 0 Å². The average Bonchev–Trinajstić information content (AvgIpc) is 2.91. The molecule has 0 aromatic carbocycles. The highest BCUT2D eigenvalue weighted by Gasteiger charge is 2.32. The quantitative estimate of drug-likeness (QED) is 0.0932. The van der Waals surface area contributed by atoms with Crippen molar-refractivity contribution in [2.24, 2.45) is 5.41 Å². The van der Waals surface area contributed by atoms with Crippen LogP contribution in [0.4, 0.5) is 0 Å². The van der Waals surface area contributed by atoms with Crippen molar-refractivity contribution < 1.29 is 43.3 Å². The Bertz CT molecular complexity index is 475. The average molecular weight is 515 g/mol. The van der Waals surface area contributed by atoms with Gasteiger partial charge in [0, 0.05) is 46.2 Å². The molecule has 0 saturated heterocycles. The number of nitriles is 1. The van der Waals surface area contributed by atoms with E-state index < -0.39 is 5.41 Å². The Morgan fingerprint density at radius 1 is 0.618 bits per heavy atom. The summed E-state index contributed by atoms with van der Waals surface area (Å²) in [6.07, 6.45) is 6.12. The highest BCUT2D eigenvalue weighted by molar-refractivity contribution is 7.26. The minimum atomic E-state index is -0.522. The van der Waals surface area contributed by atoms with Crippen LogP contribution in [0.25, 0.3) is 0 Å². The number of rotatable bonds is 31. The maximum atomic E-state index is 8.45. The number of hydrogen-bond donors (Lipinski definition) is 3. The summed E-state index contributed by atoms with van der Waals surface area (Å²) in [6, 6.07) is 2.02. The molecule has 0 amide bonds. The Balaban J connectivity index is 4.46. The molecule has 1 atom stereocenters. The first kappa shape index (κ1) is 28.1. The summed E-state index contributed by atoms with van der Waals surface area (Å²) in [6.45, 7) is 5.41. The molecule has 11 heteroatoms. The van der Waals surface area contributed by atoms with Crippen molar-refractivity contribution in [1.82, 2.24) is 0 Å². The van der Waals surface area contributed by atoms with Crippen molar-refractivity contribution >= 4 is 9.03 Å². The van der Waals surface area contributed by atoms with Crippen LogP contribution >= 0.6 is 9.03 Å². The predicted molar refractivity (Wildman–Crippen MR) is 130 cm³/mol. The van der Waals surface area contributed by atoms with Gasteiger partial charge in [0.05, 0.1) is 57.5 Å². The van der Waals surface area contributed by atoms with E-state index in [4.69, 9.17) is 37.6 Å². The van der Waals surface area contributed by atoms with Gasteiger partial charge in [-0.25, -0.2) is 0 Å². The van der Waals surface area contributed by atoms with Crippen molar-refractivity contribution in [3.05, 3.63) is 0 Å². The van der Waals surface area contributed by atoms with E-state index in [-0.39, 0.29) is 9.03 Å². The summed E-state index contributed by atoms with van der Waals surface area (Å²) < 4.78 is 54.6. The molecule has 0 bridgehead atoms. The summed E-state index contributed by atoms with van der Waals surface area (Å²) >= 11 is 0. The Morgan fingerprint density at radius 3 is 1.53 bits per heavy atom. The zero-order valence-electron chi connectivity index (χ0n) is 23.5. The van der Waals surface area contributed by atoms with E-state index in [9.17, 15) is 0 Å². The van der Waals surface area contributed by atoms with Crippen LogP contribution in [0, 0.1) is 16.7 Å². The molecule has 1 unspecified atom stereocenters. The maximum Gasteiger partial charge on any atom is 0.210 e. The van der Waals surface area contributed by atoms with Crippen molar-refractivity contribution in [2.75, 3.05) is 85.9 Å². The predicted octanol–water partition coefficient (Wildman–Crippen LogP) is 2.20. The van der Waals surface area contributed by atoms with Gasteiger partial charge in [-0.15, -0.1) is 0 Å². The topological polar surface area (TPSA) is 140 Å². The number of aliphatic hydroxyl groups excluding tert-OH is 3. The monoisotopic (exact) mass is 514 g/mol. The third-order valence-electron chi connectivity index (χ3n) is 4.65. The molecule has 0 aliphatic carbocycles. The lowest BCUT2D eigenvalue weighted by atomic mass is 9.92. The second-order valence-electron chi connectivity index (χ2n) is 7.99. The lowest BCUT2D eigenvalue weighted by molar-refractivity contribution is -0.109. The third-order valence-corrected chi connectivity index (χ3v) is 5.29. The number of unbranched alkanes of at least 4 members (excludes halogenated alkanes) is 3. The van der Waals surface area contributed by atoms with Crippen molar-refractivity contribution in [1.29, 1.82) is 9.56 Å².